The van der Waals surface area contributed by atoms with E-state index in [0.29, 0.717) is 36.5 Å². The van der Waals surface area contributed by atoms with Gasteiger partial charge in [-0.15, -0.1) is 0 Å². The molecule has 2 amide bonds. The van der Waals surface area contributed by atoms with E-state index in [-0.39, 0.29) is 42.0 Å². The first kappa shape index (κ1) is 31.2. The summed E-state index contributed by atoms with van der Waals surface area (Å²) in [5, 5.41) is 39.8. The number of pyridine rings is 1. The van der Waals surface area contributed by atoms with Crippen LogP contribution in [-0.4, -0.2) is 57.3 Å². The molecule has 2 aliphatic heterocycles. The number of hydrogen-bond acceptors (Lipinski definition) is 9. The molecular weight excluding hydrogens is 574 g/mol. The Morgan fingerprint density at radius 1 is 1.11 bits per heavy atom. The Labute approximate surface area is 262 Å². The summed E-state index contributed by atoms with van der Waals surface area (Å²) in [6, 6.07) is 15.3. The highest BCUT2D eigenvalue weighted by Gasteiger charge is 2.57. The van der Waals surface area contributed by atoms with E-state index in [0.717, 1.165) is 22.4 Å². The molecule has 4 N–H and O–H groups in total. The van der Waals surface area contributed by atoms with Gasteiger partial charge in [-0.25, -0.2) is 0 Å². The van der Waals surface area contributed by atoms with E-state index in [4.69, 9.17) is 9.07 Å². The number of rotatable bonds is 9. The number of anilines is 1. The van der Waals surface area contributed by atoms with Crippen LogP contribution in [0.4, 0.5) is 5.69 Å². The minimum atomic E-state index is -1.73. The number of fused-ring (bicyclic) bond motifs is 3. The van der Waals surface area contributed by atoms with Gasteiger partial charge in [-0.05, 0) is 96.5 Å². The number of benzene rings is 1. The number of allylic oxidation sites excluding steroid dienone is 2. The first-order chi connectivity index (χ1) is 21.7. The third-order valence-corrected chi connectivity index (χ3v) is 9.19. The SMILES string of the molecule is CC(C)C1=C2[C@@H](CC/C(=C/c3ccc(CO)o3)c3ccccn3)OB(O)C[C@@H]2[C@@H]2C(=O)N(c3cccc(B(O)O)c3)C(=O)[C@@H]2C1. The zero-order valence-electron chi connectivity index (χ0n) is 25.2. The molecule has 12 heteroatoms. The minimum Gasteiger partial charge on any atom is -0.459 e. The molecule has 2 saturated heterocycles. The number of aliphatic hydroxyl groups is 1. The zero-order chi connectivity index (χ0) is 31.8. The van der Waals surface area contributed by atoms with Crippen molar-refractivity contribution >= 4 is 48.9 Å². The zero-order valence-corrected chi connectivity index (χ0v) is 25.2. The third-order valence-electron chi connectivity index (χ3n) is 9.19. The van der Waals surface area contributed by atoms with Crippen LogP contribution in [0.2, 0.25) is 6.32 Å². The first-order valence-electron chi connectivity index (χ1n) is 15.4. The molecule has 2 fully saturated rings. The lowest BCUT2D eigenvalue weighted by Gasteiger charge is -2.44. The summed E-state index contributed by atoms with van der Waals surface area (Å²) >= 11 is 0. The van der Waals surface area contributed by atoms with Crippen LogP contribution in [0.1, 0.15) is 50.3 Å². The average Bonchev–Trinajstić information content (AvgIpc) is 3.59. The van der Waals surface area contributed by atoms with E-state index in [1.807, 2.05) is 24.3 Å². The standard InChI is InChI=1S/C33H36B2N2O8/c1-19(2)25-16-26-31(33(40)37(32(26)39)22-7-5-6-21(15-22)35(42)43)27-17-34(41)45-29(30(25)27)12-9-20(28-8-3-4-13-36-28)14-23-10-11-24(18-38)44-23/h3-8,10-11,13-15,19,26-27,29,31,38,41-43H,9,12,16-18H2,1-2H3/b20-14-/t26-,27+,29-,31-/m1/s1. The molecular formula is C33H36B2N2O8. The lowest BCUT2D eigenvalue weighted by Crippen LogP contribution is -2.46. The van der Waals surface area contributed by atoms with Crippen LogP contribution in [0.25, 0.3) is 11.6 Å². The van der Waals surface area contributed by atoms with Crippen LogP contribution in [0, 0.1) is 23.7 Å². The van der Waals surface area contributed by atoms with Crippen LogP contribution >= 0.6 is 0 Å². The molecule has 0 bridgehead atoms. The summed E-state index contributed by atoms with van der Waals surface area (Å²) < 4.78 is 11.9. The van der Waals surface area contributed by atoms with Crippen molar-refractivity contribution in [3.63, 3.8) is 0 Å². The fraction of sp³-hybridized carbons (Fsp3) is 0.364. The summed E-state index contributed by atoms with van der Waals surface area (Å²) in [7, 11) is -2.85. The second-order valence-electron chi connectivity index (χ2n) is 12.3. The average molecular weight is 610 g/mol. The van der Waals surface area contributed by atoms with Crippen molar-refractivity contribution in [3.8, 4) is 0 Å². The predicted molar refractivity (Wildman–Crippen MR) is 169 cm³/mol. The Kier molecular flexibility index (Phi) is 8.94. The number of carbonyl (C=O) groups excluding carboxylic acids is 2. The van der Waals surface area contributed by atoms with Gasteiger partial charge < -0.3 is 29.3 Å². The molecule has 0 unspecified atom stereocenters. The largest absolute Gasteiger partial charge is 0.488 e. The number of furan rings is 1. The molecule has 0 saturated carbocycles. The van der Waals surface area contributed by atoms with Crippen molar-refractivity contribution in [1.82, 2.24) is 4.98 Å². The van der Waals surface area contributed by atoms with Gasteiger partial charge >= 0.3 is 14.2 Å². The van der Waals surface area contributed by atoms with Crippen molar-refractivity contribution in [1.29, 1.82) is 0 Å². The lowest BCUT2D eigenvalue weighted by molar-refractivity contribution is -0.122. The highest BCUT2D eigenvalue weighted by molar-refractivity contribution is 6.58. The summed E-state index contributed by atoms with van der Waals surface area (Å²) in [5.74, 6) is -1.17. The van der Waals surface area contributed by atoms with Crippen LogP contribution in [0.3, 0.4) is 0 Å². The number of nitrogens with zero attached hydrogens (tertiary/aromatic N) is 2. The number of aliphatic hydroxyl groups excluding tert-OH is 1. The van der Waals surface area contributed by atoms with E-state index in [2.05, 4.69) is 18.8 Å². The third kappa shape index (κ3) is 6.08. The second-order valence-corrected chi connectivity index (χ2v) is 12.3. The summed E-state index contributed by atoms with van der Waals surface area (Å²) in [5.41, 5.74) is 4.19. The molecule has 1 aromatic carbocycles. The van der Waals surface area contributed by atoms with Crippen LogP contribution < -0.4 is 10.4 Å². The van der Waals surface area contributed by atoms with Gasteiger partial charge in [0.1, 0.15) is 18.1 Å². The van der Waals surface area contributed by atoms with E-state index < -0.39 is 32.2 Å². The minimum absolute atomic E-state index is 0.0837. The molecule has 3 aliphatic rings. The lowest BCUT2D eigenvalue weighted by atomic mass is 9.57. The molecule has 1 aliphatic carbocycles. The molecule has 4 atom stereocenters. The van der Waals surface area contributed by atoms with E-state index in [1.165, 1.54) is 17.0 Å². The fourth-order valence-corrected chi connectivity index (χ4v) is 7.17. The monoisotopic (exact) mass is 610 g/mol. The number of hydrogen-bond donors (Lipinski definition) is 4. The molecule has 232 valence electrons. The van der Waals surface area contributed by atoms with E-state index in [9.17, 15) is 29.8 Å². The Hall–Kier alpha value is -3.80. The van der Waals surface area contributed by atoms with Gasteiger partial charge in [0.2, 0.25) is 11.8 Å². The maximum Gasteiger partial charge on any atom is 0.488 e. The van der Waals surface area contributed by atoms with Gasteiger partial charge in [-0.2, -0.15) is 0 Å². The second kappa shape index (κ2) is 12.9. The van der Waals surface area contributed by atoms with Crippen LogP contribution in [0.5, 0.6) is 0 Å². The Morgan fingerprint density at radius 2 is 1.93 bits per heavy atom. The Morgan fingerprint density at radius 3 is 2.62 bits per heavy atom. The molecule has 0 radical (unpaired) electrons. The van der Waals surface area contributed by atoms with E-state index in [1.54, 1.807) is 30.5 Å². The smallest absolute Gasteiger partial charge is 0.459 e. The van der Waals surface area contributed by atoms with Crippen LogP contribution in [-0.2, 0) is 20.9 Å². The van der Waals surface area contributed by atoms with Crippen LogP contribution in [0.15, 0.2) is 76.4 Å². The van der Waals surface area contributed by atoms with Gasteiger partial charge in [-0.3, -0.25) is 19.5 Å². The summed E-state index contributed by atoms with van der Waals surface area (Å²) in [6.45, 7) is 3.94. The van der Waals surface area contributed by atoms with Gasteiger partial charge in [-0.1, -0.05) is 37.6 Å². The van der Waals surface area contributed by atoms with Gasteiger partial charge in [0.15, 0.2) is 0 Å². The van der Waals surface area contributed by atoms with Crippen molar-refractivity contribution < 1.29 is 38.8 Å². The molecule has 45 heavy (non-hydrogen) atoms. The molecule has 10 nitrogen and oxygen atoms in total. The maximum absolute atomic E-state index is 14.0. The maximum atomic E-state index is 14.0. The highest BCUT2D eigenvalue weighted by Crippen LogP contribution is 2.52. The topological polar surface area (TPSA) is 154 Å². The molecule has 3 aromatic rings. The van der Waals surface area contributed by atoms with E-state index >= 15 is 0 Å². The Bertz CT molecular complexity index is 1640. The molecule has 6 rings (SSSR count). The van der Waals surface area contributed by atoms with Gasteiger partial charge in [0, 0.05) is 6.20 Å². The number of carbonyl (C=O) groups is 2. The highest BCUT2D eigenvalue weighted by atomic mass is 16.5. The number of amides is 2. The van der Waals surface area contributed by atoms with Gasteiger partial charge in [0.25, 0.3) is 0 Å². The van der Waals surface area contributed by atoms with Crippen molar-refractivity contribution in [2.45, 2.75) is 52.1 Å². The molecule has 2 aromatic heterocycles. The quantitative estimate of drug-likeness (QED) is 0.163. The predicted octanol–water partition coefficient (Wildman–Crippen LogP) is 2.83. The van der Waals surface area contributed by atoms with Crippen molar-refractivity contribution in [2.24, 2.45) is 23.7 Å². The summed E-state index contributed by atoms with van der Waals surface area (Å²) in [6.07, 6.45) is 4.74. The molecule has 0 spiro atoms. The normalized spacial score (nSPS) is 23.6. The summed E-state index contributed by atoms with van der Waals surface area (Å²) in [4.78, 5) is 33.6. The van der Waals surface area contributed by atoms with Crippen molar-refractivity contribution in [2.75, 3.05) is 4.90 Å². The first-order valence-corrected chi connectivity index (χ1v) is 15.4. The van der Waals surface area contributed by atoms with Gasteiger partial charge in [0.05, 0.1) is 29.3 Å². The fourth-order valence-electron chi connectivity index (χ4n) is 7.17. The number of imide groups is 1. The Balaban J connectivity index is 1.33. The van der Waals surface area contributed by atoms with Crippen molar-refractivity contribution in [3.05, 3.63) is 89.2 Å². The molecule has 4 heterocycles. The number of aromatic nitrogens is 1.